The van der Waals surface area contributed by atoms with Crippen LogP contribution in [0.3, 0.4) is 0 Å². The van der Waals surface area contributed by atoms with E-state index in [1.54, 1.807) is 0 Å². The SMILES string of the molecule is CC(C)CCCNC(CCO)C(C)(C)C. The maximum atomic E-state index is 9.00. The lowest BCUT2D eigenvalue weighted by Gasteiger charge is -2.31. The molecule has 0 aromatic carbocycles. The molecule has 92 valence electrons. The van der Waals surface area contributed by atoms with Crippen LogP contribution >= 0.6 is 0 Å². The van der Waals surface area contributed by atoms with Crippen molar-refractivity contribution in [2.75, 3.05) is 13.2 Å². The fourth-order valence-corrected chi connectivity index (χ4v) is 1.76. The van der Waals surface area contributed by atoms with Crippen LogP contribution in [0.2, 0.25) is 0 Å². The maximum Gasteiger partial charge on any atom is 0.0446 e. The Morgan fingerprint density at radius 2 is 1.73 bits per heavy atom. The van der Waals surface area contributed by atoms with Crippen molar-refractivity contribution in [3.05, 3.63) is 0 Å². The number of nitrogens with one attached hydrogen (secondary N) is 1. The van der Waals surface area contributed by atoms with E-state index in [0.29, 0.717) is 6.04 Å². The average Bonchev–Trinajstić information content (AvgIpc) is 2.08. The molecule has 0 aliphatic rings. The van der Waals surface area contributed by atoms with E-state index in [9.17, 15) is 0 Å². The Kier molecular flexibility index (Phi) is 7.20. The smallest absolute Gasteiger partial charge is 0.0446 e. The van der Waals surface area contributed by atoms with Gasteiger partial charge in [-0.25, -0.2) is 0 Å². The Labute approximate surface area is 95.5 Å². The molecule has 0 saturated carbocycles. The third-order valence-electron chi connectivity index (χ3n) is 2.81. The molecule has 0 aromatic rings. The van der Waals surface area contributed by atoms with Gasteiger partial charge in [-0.15, -0.1) is 0 Å². The van der Waals surface area contributed by atoms with Gasteiger partial charge in [0.05, 0.1) is 0 Å². The van der Waals surface area contributed by atoms with Crippen LogP contribution in [0.25, 0.3) is 0 Å². The summed E-state index contributed by atoms with van der Waals surface area (Å²) in [5.74, 6) is 0.790. The highest BCUT2D eigenvalue weighted by Crippen LogP contribution is 2.21. The van der Waals surface area contributed by atoms with E-state index >= 15 is 0 Å². The zero-order valence-corrected chi connectivity index (χ0v) is 11.1. The molecular formula is C13H29NO. The summed E-state index contributed by atoms with van der Waals surface area (Å²) in [4.78, 5) is 0. The summed E-state index contributed by atoms with van der Waals surface area (Å²) < 4.78 is 0. The number of rotatable bonds is 7. The quantitative estimate of drug-likeness (QED) is 0.640. The molecule has 2 N–H and O–H groups in total. The summed E-state index contributed by atoms with van der Waals surface area (Å²) in [6.07, 6.45) is 3.36. The Bertz CT molecular complexity index is 149. The highest BCUT2D eigenvalue weighted by molar-refractivity contribution is 4.80. The van der Waals surface area contributed by atoms with E-state index in [0.717, 1.165) is 18.9 Å². The van der Waals surface area contributed by atoms with Crippen LogP contribution in [0.4, 0.5) is 0 Å². The van der Waals surface area contributed by atoms with Crippen molar-refractivity contribution in [3.8, 4) is 0 Å². The molecule has 0 aromatic heterocycles. The van der Waals surface area contributed by atoms with Crippen LogP contribution < -0.4 is 5.32 Å². The summed E-state index contributed by atoms with van der Waals surface area (Å²) >= 11 is 0. The first-order chi connectivity index (χ1) is 6.88. The molecule has 0 amide bonds. The van der Waals surface area contributed by atoms with Crippen molar-refractivity contribution in [2.45, 2.75) is 59.9 Å². The molecule has 0 radical (unpaired) electrons. The van der Waals surface area contributed by atoms with Crippen molar-refractivity contribution in [2.24, 2.45) is 11.3 Å². The Morgan fingerprint density at radius 1 is 1.13 bits per heavy atom. The van der Waals surface area contributed by atoms with E-state index in [2.05, 4.69) is 39.9 Å². The largest absolute Gasteiger partial charge is 0.396 e. The monoisotopic (exact) mass is 215 g/mol. The van der Waals surface area contributed by atoms with E-state index in [4.69, 9.17) is 5.11 Å². The fraction of sp³-hybridized carbons (Fsp3) is 1.00. The molecule has 0 heterocycles. The first-order valence-electron chi connectivity index (χ1n) is 6.22. The van der Waals surface area contributed by atoms with Gasteiger partial charge in [0.1, 0.15) is 0 Å². The van der Waals surface area contributed by atoms with Crippen LogP contribution in [0.1, 0.15) is 53.9 Å². The molecule has 0 saturated heterocycles. The van der Waals surface area contributed by atoms with E-state index in [-0.39, 0.29) is 12.0 Å². The number of hydrogen-bond acceptors (Lipinski definition) is 2. The second kappa shape index (κ2) is 7.24. The average molecular weight is 215 g/mol. The summed E-state index contributed by atoms with van der Waals surface area (Å²) in [7, 11) is 0. The zero-order valence-electron chi connectivity index (χ0n) is 11.1. The van der Waals surface area contributed by atoms with Crippen molar-refractivity contribution < 1.29 is 5.11 Å². The van der Waals surface area contributed by atoms with Gasteiger partial charge in [0, 0.05) is 12.6 Å². The van der Waals surface area contributed by atoms with Gasteiger partial charge in [-0.2, -0.15) is 0 Å². The van der Waals surface area contributed by atoms with Crippen molar-refractivity contribution >= 4 is 0 Å². The lowest BCUT2D eigenvalue weighted by atomic mass is 9.85. The standard InChI is InChI=1S/C13H29NO/c1-11(2)7-6-9-14-12(8-10-15)13(3,4)5/h11-12,14-15H,6-10H2,1-5H3. The van der Waals surface area contributed by atoms with Gasteiger partial charge < -0.3 is 10.4 Å². The van der Waals surface area contributed by atoms with Gasteiger partial charge in [0.15, 0.2) is 0 Å². The first kappa shape index (κ1) is 14.9. The topological polar surface area (TPSA) is 32.3 Å². The molecule has 0 fully saturated rings. The molecule has 2 nitrogen and oxygen atoms in total. The molecule has 0 rings (SSSR count). The number of hydrogen-bond donors (Lipinski definition) is 2. The predicted octanol–water partition coefficient (Wildman–Crippen LogP) is 2.81. The lowest BCUT2D eigenvalue weighted by molar-refractivity contribution is 0.197. The van der Waals surface area contributed by atoms with Crippen molar-refractivity contribution in [1.29, 1.82) is 0 Å². The van der Waals surface area contributed by atoms with Crippen LogP contribution in [-0.4, -0.2) is 24.3 Å². The predicted molar refractivity (Wildman–Crippen MR) is 67.0 cm³/mol. The molecule has 1 atom stereocenters. The van der Waals surface area contributed by atoms with Crippen LogP contribution in [0.5, 0.6) is 0 Å². The highest BCUT2D eigenvalue weighted by Gasteiger charge is 2.22. The Balaban J connectivity index is 3.77. The van der Waals surface area contributed by atoms with Gasteiger partial charge in [0.25, 0.3) is 0 Å². The molecule has 0 aliphatic heterocycles. The summed E-state index contributed by atoms with van der Waals surface area (Å²) in [6, 6.07) is 0.426. The van der Waals surface area contributed by atoms with Gasteiger partial charge in [-0.05, 0) is 37.1 Å². The molecule has 0 spiro atoms. The lowest BCUT2D eigenvalue weighted by Crippen LogP contribution is -2.41. The zero-order chi connectivity index (χ0) is 11.9. The maximum absolute atomic E-state index is 9.00. The Morgan fingerprint density at radius 3 is 2.13 bits per heavy atom. The van der Waals surface area contributed by atoms with Gasteiger partial charge in [0.2, 0.25) is 0 Å². The van der Waals surface area contributed by atoms with Crippen LogP contribution in [0.15, 0.2) is 0 Å². The van der Waals surface area contributed by atoms with E-state index in [1.165, 1.54) is 12.8 Å². The molecule has 15 heavy (non-hydrogen) atoms. The molecular weight excluding hydrogens is 186 g/mol. The second-order valence-corrected chi connectivity index (χ2v) is 5.92. The molecule has 2 heteroatoms. The normalized spacial score (nSPS) is 14.6. The molecule has 0 aliphatic carbocycles. The van der Waals surface area contributed by atoms with Crippen molar-refractivity contribution in [3.63, 3.8) is 0 Å². The number of aliphatic hydroxyl groups is 1. The van der Waals surface area contributed by atoms with Crippen molar-refractivity contribution in [1.82, 2.24) is 5.32 Å². The Hall–Kier alpha value is -0.0800. The van der Waals surface area contributed by atoms with Gasteiger partial charge in [-0.1, -0.05) is 34.6 Å². The third kappa shape index (κ3) is 7.80. The molecule has 1 unspecified atom stereocenters. The summed E-state index contributed by atoms with van der Waals surface area (Å²) in [5.41, 5.74) is 0.237. The van der Waals surface area contributed by atoms with Gasteiger partial charge in [-0.3, -0.25) is 0 Å². The second-order valence-electron chi connectivity index (χ2n) is 5.92. The van der Waals surface area contributed by atoms with E-state index < -0.39 is 0 Å². The minimum Gasteiger partial charge on any atom is -0.396 e. The number of aliphatic hydroxyl groups excluding tert-OH is 1. The fourth-order valence-electron chi connectivity index (χ4n) is 1.76. The summed E-state index contributed by atoms with van der Waals surface area (Å²) in [6.45, 7) is 12.5. The first-order valence-corrected chi connectivity index (χ1v) is 6.22. The minimum atomic E-state index is 0.237. The highest BCUT2D eigenvalue weighted by atomic mass is 16.3. The van der Waals surface area contributed by atoms with Gasteiger partial charge >= 0.3 is 0 Å². The molecule has 0 bridgehead atoms. The van der Waals surface area contributed by atoms with E-state index in [1.807, 2.05) is 0 Å². The van der Waals surface area contributed by atoms with Crippen LogP contribution in [0, 0.1) is 11.3 Å². The third-order valence-corrected chi connectivity index (χ3v) is 2.81. The van der Waals surface area contributed by atoms with Crippen LogP contribution in [-0.2, 0) is 0 Å². The minimum absolute atomic E-state index is 0.237. The summed E-state index contributed by atoms with van der Waals surface area (Å²) in [5, 5.41) is 12.6.